The Hall–Kier alpha value is -2.73. The normalized spacial score (nSPS) is 12.9. The molecular weight excluding hydrogens is 345 g/mol. The van der Waals surface area contributed by atoms with E-state index in [2.05, 4.69) is 24.5 Å². The number of amides is 2. The summed E-state index contributed by atoms with van der Waals surface area (Å²) in [5.41, 5.74) is 2.38. The van der Waals surface area contributed by atoms with Crippen LogP contribution >= 0.6 is 0 Å². The molecule has 144 valence electrons. The smallest absolute Gasteiger partial charge is 0.279 e. The van der Waals surface area contributed by atoms with Crippen LogP contribution < -0.4 is 15.5 Å². The van der Waals surface area contributed by atoms with Gasteiger partial charge in [0.2, 0.25) is 0 Å². The van der Waals surface area contributed by atoms with Gasteiger partial charge in [0.15, 0.2) is 13.1 Å². The van der Waals surface area contributed by atoms with Crippen molar-refractivity contribution in [2.75, 3.05) is 30.8 Å². The lowest BCUT2D eigenvalue weighted by Crippen LogP contribution is -3.11. The highest BCUT2D eigenvalue weighted by Gasteiger charge is 2.15. The monoisotopic (exact) mass is 372 g/mol. The number of anilines is 2. The molecule has 0 spiro atoms. The van der Waals surface area contributed by atoms with E-state index in [1.165, 1.54) is 23.8 Å². The standard InChI is InChI=1S/C21H26FN3O2/c1-4-15(2)16-8-10-18(11-9-16)23-20(26)13-25(3)14-21(27)24-19-7-5-6-17(22)12-19/h5-12,15H,4,13-14H2,1-3H3,(H,23,26)(H,24,27)/p+1/t15-/m1/s1. The third kappa shape index (κ3) is 6.83. The molecule has 3 N–H and O–H groups in total. The highest BCUT2D eigenvalue weighted by Crippen LogP contribution is 2.20. The number of hydrogen-bond acceptors (Lipinski definition) is 2. The van der Waals surface area contributed by atoms with Crippen molar-refractivity contribution >= 4 is 23.2 Å². The number of carbonyl (C=O) groups is 2. The van der Waals surface area contributed by atoms with E-state index in [0.717, 1.165) is 17.0 Å². The minimum absolute atomic E-state index is 0.108. The van der Waals surface area contributed by atoms with Crippen molar-refractivity contribution in [3.63, 3.8) is 0 Å². The van der Waals surface area contributed by atoms with Crippen LogP contribution in [0.25, 0.3) is 0 Å². The molecule has 5 nitrogen and oxygen atoms in total. The topological polar surface area (TPSA) is 62.6 Å². The van der Waals surface area contributed by atoms with Crippen LogP contribution in [-0.2, 0) is 9.59 Å². The number of halogens is 1. The molecule has 2 aromatic rings. The molecule has 2 amide bonds. The van der Waals surface area contributed by atoms with E-state index in [1.807, 2.05) is 24.3 Å². The van der Waals surface area contributed by atoms with Gasteiger partial charge in [-0.15, -0.1) is 0 Å². The van der Waals surface area contributed by atoms with Gasteiger partial charge in [-0.1, -0.05) is 32.0 Å². The van der Waals surface area contributed by atoms with Crippen LogP contribution in [0.1, 0.15) is 31.7 Å². The number of rotatable bonds is 8. The van der Waals surface area contributed by atoms with Crippen molar-refractivity contribution in [3.05, 3.63) is 59.9 Å². The summed E-state index contributed by atoms with van der Waals surface area (Å²) in [6.45, 7) is 4.57. The molecule has 0 bridgehead atoms. The third-order valence-corrected chi connectivity index (χ3v) is 4.41. The maximum atomic E-state index is 13.1. The predicted octanol–water partition coefficient (Wildman–Crippen LogP) is 2.43. The van der Waals surface area contributed by atoms with E-state index >= 15 is 0 Å². The zero-order chi connectivity index (χ0) is 19.8. The number of carbonyl (C=O) groups excluding carboxylic acids is 2. The summed E-state index contributed by atoms with van der Waals surface area (Å²) in [7, 11) is 1.76. The SMILES string of the molecule is CC[C@@H](C)c1ccc(NC(=O)C[NH+](C)CC(=O)Nc2cccc(F)c2)cc1. The molecule has 2 atom stereocenters. The molecule has 0 heterocycles. The molecule has 2 aromatic carbocycles. The Morgan fingerprint density at radius 3 is 2.15 bits per heavy atom. The van der Waals surface area contributed by atoms with Crippen LogP contribution in [-0.4, -0.2) is 32.0 Å². The summed E-state index contributed by atoms with van der Waals surface area (Å²) >= 11 is 0. The van der Waals surface area contributed by atoms with E-state index in [4.69, 9.17) is 0 Å². The summed E-state index contributed by atoms with van der Waals surface area (Å²) in [5, 5.41) is 5.47. The average Bonchev–Trinajstić information content (AvgIpc) is 2.61. The number of nitrogens with one attached hydrogen (secondary N) is 3. The van der Waals surface area contributed by atoms with Gasteiger partial charge >= 0.3 is 0 Å². The predicted molar refractivity (Wildman–Crippen MR) is 105 cm³/mol. The molecule has 27 heavy (non-hydrogen) atoms. The molecule has 0 aromatic heterocycles. The number of hydrogen-bond donors (Lipinski definition) is 3. The first-order valence-corrected chi connectivity index (χ1v) is 9.14. The zero-order valence-electron chi connectivity index (χ0n) is 16.0. The maximum Gasteiger partial charge on any atom is 0.279 e. The van der Waals surface area contributed by atoms with Gasteiger partial charge < -0.3 is 15.5 Å². The van der Waals surface area contributed by atoms with Gasteiger partial charge in [-0.05, 0) is 48.2 Å². The molecule has 0 aliphatic heterocycles. The van der Waals surface area contributed by atoms with E-state index in [0.29, 0.717) is 11.6 Å². The molecule has 0 saturated carbocycles. The second-order valence-corrected chi connectivity index (χ2v) is 6.85. The lowest BCUT2D eigenvalue weighted by atomic mass is 9.99. The fraction of sp³-hybridized carbons (Fsp3) is 0.333. The maximum absolute atomic E-state index is 13.1. The molecular formula is C21H27FN3O2+. The quantitative estimate of drug-likeness (QED) is 0.666. The van der Waals surface area contributed by atoms with Gasteiger partial charge in [0.1, 0.15) is 5.82 Å². The van der Waals surface area contributed by atoms with Crippen molar-refractivity contribution in [1.29, 1.82) is 0 Å². The Kier molecular flexibility index (Phi) is 7.49. The lowest BCUT2D eigenvalue weighted by Gasteiger charge is -2.14. The summed E-state index contributed by atoms with van der Waals surface area (Å²) in [6, 6.07) is 13.5. The van der Waals surface area contributed by atoms with E-state index in [-0.39, 0.29) is 24.9 Å². The van der Waals surface area contributed by atoms with Crippen LogP contribution in [0, 0.1) is 5.82 Å². The molecule has 0 saturated heterocycles. The fourth-order valence-electron chi connectivity index (χ4n) is 2.72. The number of likely N-dealkylation sites (N-methyl/N-ethyl adjacent to an activating group) is 1. The van der Waals surface area contributed by atoms with Crippen LogP contribution in [0.5, 0.6) is 0 Å². The average molecular weight is 372 g/mol. The molecule has 0 radical (unpaired) electrons. The van der Waals surface area contributed by atoms with Crippen molar-refractivity contribution in [2.24, 2.45) is 0 Å². The van der Waals surface area contributed by atoms with Gasteiger partial charge in [-0.2, -0.15) is 0 Å². The highest BCUT2D eigenvalue weighted by molar-refractivity contribution is 5.93. The second kappa shape index (κ2) is 9.83. The Balaban J connectivity index is 1.80. The fourth-order valence-corrected chi connectivity index (χ4v) is 2.72. The van der Waals surface area contributed by atoms with E-state index in [9.17, 15) is 14.0 Å². The second-order valence-electron chi connectivity index (χ2n) is 6.85. The summed E-state index contributed by atoms with van der Waals surface area (Å²) in [5.74, 6) is -0.361. The van der Waals surface area contributed by atoms with Crippen LogP contribution in [0.4, 0.5) is 15.8 Å². The minimum atomic E-state index is -0.410. The Morgan fingerprint density at radius 1 is 1.00 bits per heavy atom. The highest BCUT2D eigenvalue weighted by atomic mass is 19.1. The van der Waals surface area contributed by atoms with Crippen LogP contribution in [0.2, 0.25) is 0 Å². The van der Waals surface area contributed by atoms with Gasteiger partial charge in [0.05, 0.1) is 7.05 Å². The number of quaternary nitrogens is 1. The van der Waals surface area contributed by atoms with Gasteiger partial charge in [-0.3, -0.25) is 9.59 Å². The molecule has 6 heteroatoms. The summed E-state index contributed by atoms with van der Waals surface area (Å²) < 4.78 is 13.1. The minimum Gasteiger partial charge on any atom is -0.322 e. The first kappa shape index (κ1) is 20.6. The first-order valence-electron chi connectivity index (χ1n) is 9.14. The van der Waals surface area contributed by atoms with Gasteiger partial charge in [0, 0.05) is 11.4 Å². The molecule has 1 unspecified atom stereocenters. The number of benzene rings is 2. The summed E-state index contributed by atoms with van der Waals surface area (Å²) in [6.07, 6.45) is 1.07. The summed E-state index contributed by atoms with van der Waals surface area (Å²) in [4.78, 5) is 24.9. The molecule has 0 aliphatic carbocycles. The van der Waals surface area contributed by atoms with Crippen LogP contribution in [0.3, 0.4) is 0 Å². The van der Waals surface area contributed by atoms with Gasteiger partial charge in [0.25, 0.3) is 11.8 Å². The molecule has 0 aliphatic rings. The Morgan fingerprint density at radius 2 is 1.59 bits per heavy atom. The van der Waals surface area contributed by atoms with Crippen molar-refractivity contribution in [2.45, 2.75) is 26.2 Å². The molecule has 0 fully saturated rings. The Labute approximate surface area is 159 Å². The van der Waals surface area contributed by atoms with Crippen molar-refractivity contribution in [1.82, 2.24) is 0 Å². The van der Waals surface area contributed by atoms with Crippen LogP contribution in [0.15, 0.2) is 48.5 Å². The molecule has 2 rings (SSSR count). The lowest BCUT2D eigenvalue weighted by molar-refractivity contribution is -0.862. The third-order valence-electron chi connectivity index (χ3n) is 4.41. The van der Waals surface area contributed by atoms with E-state index < -0.39 is 5.82 Å². The first-order chi connectivity index (χ1) is 12.9. The largest absolute Gasteiger partial charge is 0.322 e. The van der Waals surface area contributed by atoms with E-state index in [1.54, 1.807) is 13.1 Å². The zero-order valence-corrected chi connectivity index (χ0v) is 16.0. The van der Waals surface area contributed by atoms with Crippen molar-refractivity contribution < 1.29 is 18.9 Å². The Bertz CT molecular complexity index is 777. The van der Waals surface area contributed by atoms with Gasteiger partial charge in [-0.25, -0.2) is 4.39 Å². The van der Waals surface area contributed by atoms with Crippen molar-refractivity contribution in [3.8, 4) is 0 Å².